The van der Waals surface area contributed by atoms with Crippen molar-refractivity contribution in [2.24, 2.45) is 0 Å². The summed E-state index contributed by atoms with van der Waals surface area (Å²) in [5.41, 5.74) is 2.65. The number of para-hydroxylation sites is 1. The summed E-state index contributed by atoms with van der Waals surface area (Å²) >= 11 is 0. The summed E-state index contributed by atoms with van der Waals surface area (Å²) < 4.78 is 10.3. The number of nitrogens with one attached hydrogen (secondary N) is 1. The second-order valence-electron chi connectivity index (χ2n) is 4.42. The molecule has 1 N–H and O–H groups in total. The van der Waals surface area contributed by atoms with Gasteiger partial charge < -0.3 is 4.74 Å². The molecule has 21 heavy (non-hydrogen) atoms. The van der Waals surface area contributed by atoms with E-state index in [1.807, 2.05) is 55.5 Å². The number of aromatic amines is 1. The van der Waals surface area contributed by atoms with Crippen molar-refractivity contribution in [3.05, 3.63) is 59.1 Å². The van der Waals surface area contributed by atoms with E-state index in [4.69, 9.17) is 4.74 Å². The van der Waals surface area contributed by atoms with Crippen molar-refractivity contribution < 1.29 is 9.26 Å². The molecule has 3 rings (SSSR count). The van der Waals surface area contributed by atoms with Crippen LogP contribution < -0.4 is 10.5 Å². The van der Waals surface area contributed by atoms with Gasteiger partial charge in [0.1, 0.15) is 5.75 Å². The molecule has 1 heterocycles. The van der Waals surface area contributed by atoms with E-state index >= 15 is 0 Å². The molecule has 5 heteroatoms. The smallest absolute Gasteiger partial charge is 0.439 e. The summed E-state index contributed by atoms with van der Waals surface area (Å²) in [4.78, 5) is 13.8. The summed E-state index contributed by atoms with van der Waals surface area (Å²) in [6, 6.07) is 15.4. The van der Waals surface area contributed by atoms with Gasteiger partial charge in [0, 0.05) is 11.1 Å². The van der Waals surface area contributed by atoms with E-state index in [0.29, 0.717) is 12.4 Å². The van der Waals surface area contributed by atoms with Crippen LogP contribution >= 0.6 is 0 Å². The van der Waals surface area contributed by atoms with Crippen molar-refractivity contribution in [2.45, 2.75) is 6.92 Å². The van der Waals surface area contributed by atoms with Gasteiger partial charge in [-0.2, -0.15) is 0 Å². The number of nitrogens with zero attached hydrogens (tertiary/aromatic N) is 1. The Morgan fingerprint density at radius 1 is 1.05 bits per heavy atom. The maximum absolute atomic E-state index is 11.2. The quantitative estimate of drug-likeness (QED) is 0.798. The van der Waals surface area contributed by atoms with Crippen LogP contribution in [0.2, 0.25) is 0 Å². The van der Waals surface area contributed by atoms with Crippen LogP contribution in [0, 0.1) is 0 Å². The van der Waals surface area contributed by atoms with Crippen molar-refractivity contribution >= 4 is 0 Å². The lowest BCUT2D eigenvalue weighted by atomic mass is 9.98. The van der Waals surface area contributed by atoms with Gasteiger partial charge >= 0.3 is 5.76 Å². The Morgan fingerprint density at radius 3 is 2.38 bits per heavy atom. The molecule has 0 fully saturated rings. The Kier molecular flexibility index (Phi) is 3.55. The SMILES string of the molecule is CCOc1ccccc1-c1ccccc1-c1noc(=O)[nH]1. The summed E-state index contributed by atoms with van der Waals surface area (Å²) in [7, 11) is 0. The zero-order valence-corrected chi connectivity index (χ0v) is 11.5. The summed E-state index contributed by atoms with van der Waals surface area (Å²) in [6.07, 6.45) is 0. The Morgan fingerprint density at radius 2 is 1.71 bits per heavy atom. The van der Waals surface area contributed by atoms with Crippen LogP contribution in [0.15, 0.2) is 57.8 Å². The van der Waals surface area contributed by atoms with Crippen LogP contribution in [-0.4, -0.2) is 16.7 Å². The Balaban J connectivity index is 2.18. The predicted octanol–water partition coefficient (Wildman–Crippen LogP) is 3.10. The number of aromatic nitrogens is 2. The molecule has 2 aromatic carbocycles. The van der Waals surface area contributed by atoms with Crippen LogP contribution in [0.1, 0.15) is 6.92 Å². The Bertz CT molecular complexity index is 805. The molecule has 0 saturated heterocycles. The fraction of sp³-hybridized carbons (Fsp3) is 0.125. The standard InChI is InChI=1S/C16H14N2O3/c1-2-20-14-10-6-5-8-12(14)11-7-3-4-9-13(11)15-17-16(19)21-18-15/h3-10H,2H2,1H3,(H,17,18,19). The predicted molar refractivity (Wildman–Crippen MR) is 79.2 cm³/mol. The summed E-state index contributed by atoms with van der Waals surface area (Å²) in [5.74, 6) is 0.623. The zero-order chi connectivity index (χ0) is 14.7. The first kappa shape index (κ1) is 13.2. The highest BCUT2D eigenvalue weighted by molar-refractivity contribution is 5.83. The first-order valence-corrected chi connectivity index (χ1v) is 6.67. The summed E-state index contributed by atoms with van der Waals surface area (Å²) in [5, 5.41) is 3.76. The van der Waals surface area contributed by atoms with Gasteiger partial charge in [-0.25, -0.2) is 4.79 Å². The van der Waals surface area contributed by atoms with Crippen molar-refractivity contribution in [1.29, 1.82) is 0 Å². The molecule has 0 amide bonds. The molecule has 0 bridgehead atoms. The fourth-order valence-electron chi connectivity index (χ4n) is 2.24. The number of ether oxygens (including phenoxy) is 1. The second kappa shape index (κ2) is 5.66. The molecule has 0 atom stereocenters. The van der Waals surface area contributed by atoms with Gasteiger partial charge in [0.15, 0.2) is 5.82 Å². The lowest BCUT2D eigenvalue weighted by Crippen LogP contribution is -1.97. The first-order chi connectivity index (χ1) is 10.3. The van der Waals surface area contributed by atoms with Crippen LogP contribution in [0.3, 0.4) is 0 Å². The van der Waals surface area contributed by atoms with Crippen LogP contribution in [-0.2, 0) is 0 Å². The molecule has 106 valence electrons. The van der Waals surface area contributed by atoms with Gasteiger partial charge in [-0.1, -0.05) is 47.6 Å². The first-order valence-electron chi connectivity index (χ1n) is 6.67. The molecule has 0 unspecified atom stereocenters. The third kappa shape index (κ3) is 2.58. The normalized spacial score (nSPS) is 10.5. The maximum atomic E-state index is 11.2. The van der Waals surface area contributed by atoms with Gasteiger partial charge in [0.05, 0.1) is 6.61 Å². The van der Waals surface area contributed by atoms with Crippen molar-refractivity contribution in [1.82, 2.24) is 10.1 Å². The second-order valence-corrected chi connectivity index (χ2v) is 4.42. The van der Waals surface area contributed by atoms with Crippen LogP contribution in [0.4, 0.5) is 0 Å². The molecule has 0 saturated carbocycles. The van der Waals surface area contributed by atoms with E-state index in [2.05, 4.69) is 14.7 Å². The molecule has 0 aliphatic carbocycles. The average molecular weight is 282 g/mol. The number of hydrogen-bond acceptors (Lipinski definition) is 4. The third-order valence-corrected chi connectivity index (χ3v) is 3.10. The molecular weight excluding hydrogens is 268 g/mol. The topological polar surface area (TPSA) is 68.1 Å². The molecule has 1 aromatic heterocycles. The Labute approximate surface area is 121 Å². The van der Waals surface area contributed by atoms with E-state index in [-0.39, 0.29) is 0 Å². The molecule has 0 aliphatic heterocycles. The van der Waals surface area contributed by atoms with Gasteiger partial charge in [0.25, 0.3) is 0 Å². The number of benzene rings is 2. The van der Waals surface area contributed by atoms with Gasteiger partial charge in [-0.15, -0.1) is 0 Å². The monoisotopic (exact) mass is 282 g/mol. The minimum Gasteiger partial charge on any atom is -0.493 e. The van der Waals surface area contributed by atoms with E-state index < -0.39 is 5.76 Å². The molecule has 0 radical (unpaired) electrons. The highest BCUT2D eigenvalue weighted by Crippen LogP contribution is 2.35. The fourth-order valence-corrected chi connectivity index (χ4v) is 2.24. The minimum atomic E-state index is -0.571. The lowest BCUT2D eigenvalue weighted by Gasteiger charge is -2.12. The Hall–Kier alpha value is -2.82. The van der Waals surface area contributed by atoms with Crippen molar-refractivity contribution in [2.75, 3.05) is 6.61 Å². The molecule has 0 spiro atoms. The lowest BCUT2D eigenvalue weighted by molar-refractivity contribution is 0.341. The van der Waals surface area contributed by atoms with Crippen molar-refractivity contribution in [3.63, 3.8) is 0 Å². The van der Waals surface area contributed by atoms with E-state index in [0.717, 1.165) is 22.4 Å². The van der Waals surface area contributed by atoms with Crippen LogP contribution in [0.25, 0.3) is 22.5 Å². The molecular formula is C16H14N2O3. The number of hydrogen-bond donors (Lipinski definition) is 1. The third-order valence-electron chi connectivity index (χ3n) is 3.10. The molecule has 3 aromatic rings. The van der Waals surface area contributed by atoms with E-state index in [1.54, 1.807) is 0 Å². The van der Waals surface area contributed by atoms with Gasteiger partial charge in [-0.3, -0.25) is 9.51 Å². The largest absolute Gasteiger partial charge is 0.493 e. The minimum absolute atomic E-state index is 0.405. The highest BCUT2D eigenvalue weighted by atomic mass is 16.5. The number of H-pyrrole nitrogens is 1. The summed E-state index contributed by atoms with van der Waals surface area (Å²) in [6.45, 7) is 2.53. The van der Waals surface area contributed by atoms with Gasteiger partial charge in [-0.05, 0) is 18.6 Å². The van der Waals surface area contributed by atoms with Gasteiger partial charge in [0.2, 0.25) is 0 Å². The zero-order valence-electron chi connectivity index (χ0n) is 11.5. The van der Waals surface area contributed by atoms with E-state index in [9.17, 15) is 4.79 Å². The maximum Gasteiger partial charge on any atom is 0.439 e. The van der Waals surface area contributed by atoms with Crippen LogP contribution in [0.5, 0.6) is 5.75 Å². The van der Waals surface area contributed by atoms with Crippen molar-refractivity contribution in [3.8, 4) is 28.3 Å². The number of rotatable bonds is 4. The molecule has 0 aliphatic rings. The average Bonchev–Trinajstić information content (AvgIpc) is 2.95. The molecule has 5 nitrogen and oxygen atoms in total. The highest BCUT2D eigenvalue weighted by Gasteiger charge is 2.14. The van der Waals surface area contributed by atoms with E-state index in [1.165, 1.54) is 0 Å².